The molecule has 3 rings (SSSR count). The summed E-state index contributed by atoms with van der Waals surface area (Å²) < 4.78 is 4.91. The van der Waals surface area contributed by atoms with Crippen LogP contribution in [0.5, 0.6) is 0 Å². The Morgan fingerprint density at radius 1 is 1.04 bits per heavy atom. The molecule has 1 heterocycles. The fraction of sp³-hybridized carbons (Fsp3) is 0.250. The van der Waals surface area contributed by atoms with Gasteiger partial charge in [0.25, 0.3) is 0 Å². The molecule has 0 bridgehead atoms. The lowest BCUT2D eigenvalue weighted by atomic mass is 9.98. The maximum absolute atomic E-state index is 12.4. The van der Waals surface area contributed by atoms with E-state index >= 15 is 0 Å². The van der Waals surface area contributed by atoms with Gasteiger partial charge in [0.1, 0.15) is 0 Å². The van der Waals surface area contributed by atoms with Crippen LogP contribution < -0.4 is 5.32 Å². The Labute approximate surface area is 157 Å². The highest BCUT2D eigenvalue weighted by Gasteiger charge is 2.18. The van der Waals surface area contributed by atoms with Crippen LogP contribution in [0, 0.1) is 0 Å². The number of hydrogen-bond acceptors (Lipinski definition) is 4. The summed E-state index contributed by atoms with van der Waals surface area (Å²) >= 11 is 5.87. The molecule has 0 aliphatic carbocycles. The van der Waals surface area contributed by atoms with Crippen molar-refractivity contribution in [3.8, 4) is 11.3 Å². The van der Waals surface area contributed by atoms with Gasteiger partial charge in [-0.1, -0.05) is 49.7 Å². The molecule has 0 fully saturated rings. The summed E-state index contributed by atoms with van der Waals surface area (Å²) in [6.07, 6.45) is 1.99. The number of hydrogen-bond donors (Lipinski definition) is 1. The molecule has 1 aromatic heterocycles. The van der Waals surface area contributed by atoms with Gasteiger partial charge in [-0.3, -0.25) is 4.79 Å². The zero-order valence-electron chi connectivity index (χ0n) is 14.8. The molecule has 6 heteroatoms. The number of nitrogens with one attached hydrogen (secondary N) is 1. The van der Waals surface area contributed by atoms with Crippen LogP contribution in [-0.2, 0) is 24.1 Å². The summed E-state index contributed by atoms with van der Waals surface area (Å²) in [6, 6.07) is 13.4. The van der Waals surface area contributed by atoms with Crippen LogP contribution in [0.1, 0.15) is 30.5 Å². The average Bonchev–Trinajstić information content (AvgIpc) is 3.10. The number of aryl methyl sites for hydroxylation is 2. The highest BCUT2D eigenvalue weighted by Crippen LogP contribution is 2.29. The summed E-state index contributed by atoms with van der Waals surface area (Å²) in [5.41, 5.74) is 4.69. The third-order valence-electron chi connectivity index (χ3n) is 4.24. The van der Waals surface area contributed by atoms with Gasteiger partial charge in [0.2, 0.25) is 11.7 Å². The van der Waals surface area contributed by atoms with E-state index < -0.39 is 0 Å². The molecule has 0 aliphatic rings. The molecule has 0 aliphatic heterocycles. The van der Waals surface area contributed by atoms with Gasteiger partial charge in [-0.15, -0.1) is 0 Å². The molecule has 134 valence electrons. The Morgan fingerprint density at radius 3 is 2.46 bits per heavy atom. The van der Waals surface area contributed by atoms with Crippen LogP contribution in [0.3, 0.4) is 0 Å². The lowest BCUT2D eigenvalue weighted by Crippen LogP contribution is -2.15. The minimum Gasteiger partial charge on any atom is -0.306 e. The molecule has 0 saturated carbocycles. The second kappa shape index (κ2) is 8.15. The fourth-order valence-electron chi connectivity index (χ4n) is 2.78. The summed E-state index contributed by atoms with van der Waals surface area (Å²) in [5, 5.41) is 11.3. The van der Waals surface area contributed by atoms with E-state index in [0.29, 0.717) is 16.5 Å². The molecule has 3 aromatic rings. The maximum Gasteiger partial charge on any atom is 0.230 e. The first kappa shape index (κ1) is 18.1. The Balaban J connectivity index is 1.82. The van der Waals surface area contributed by atoms with Crippen LogP contribution in [0.4, 0.5) is 5.82 Å². The number of halogens is 1. The first-order chi connectivity index (χ1) is 12.6. The normalized spacial score (nSPS) is 10.7. The fourth-order valence-corrected chi connectivity index (χ4v) is 2.91. The number of anilines is 1. The molecular weight excluding hydrogens is 350 g/mol. The van der Waals surface area contributed by atoms with Crippen molar-refractivity contribution in [2.24, 2.45) is 0 Å². The molecule has 0 atom stereocenters. The lowest BCUT2D eigenvalue weighted by molar-refractivity contribution is -0.115. The van der Waals surface area contributed by atoms with Crippen LogP contribution in [-0.4, -0.2) is 16.2 Å². The van der Waals surface area contributed by atoms with E-state index in [0.717, 1.165) is 29.5 Å². The zero-order chi connectivity index (χ0) is 18.5. The molecule has 0 saturated heterocycles. The van der Waals surface area contributed by atoms with Crippen LogP contribution >= 0.6 is 11.6 Å². The van der Waals surface area contributed by atoms with Crippen molar-refractivity contribution in [3.63, 3.8) is 0 Å². The van der Waals surface area contributed by atoms with Crippen molar-refractivity contribution in [1.82, 2.24) is 10.3 Å². The number of carbonyl (C=O) groups excluding carboxylic acids is 1. The Kier molecular flexibility index (Phi) is 5.68. The maximum atomic E-state index is 12.4. The molecule has 1 N–H and O–H groups in total. The first-order valence-electron chi connectivity index (χ1n) is 8.59. The van der Waals surface area contributed by atoms with Crippen LogP contribution in [0.2, 0.25) is 5.02 Å². The molecule has 5 nitrogen and oxygen atoms in total. The van der Waals surface area contributed by atoms with Crippen molar-refractivity contribution in [2.75, 3.05) is 5.32 Å². The Morgan fingerprint density at radius 2 is 1.77 bits per heavy atom. The summed E-state index contributed by atoms with van der Waals surface area (Å²) in [6.45, 7) is 4.18. The molecule has 26 heavy (non-hydrogen) atoms. The Bertz CT molecular complexity index is 904. The van der Waals surface area contributed by atoms with Gasteiger partial charge in [-0.25, -0.2) is 4.63 Å². The predicted octanol–water partition coefficient (Wildman–Crippen LogP) is 4.70. The van der Waals surface area contributed by atoms with Crippen molar-refractivity contribution in [3.05, 3.63) is 64.2 Å². The van der Waals surface area contributed by atoms with Gasteiger partial charge in [-0.05, 0) is 58.0 Å². The van der Waals surface area contributed by atoms with E-state index in [-0.39, 0.29) is 12.3 Å². The smallest absolute Gasteiger partial charge is 0.230 e. The first-order valence-corrected chi connectivity index (χ1v) is 8.97. The van der Waals surface area contributed by atoms with Crippen LogP contribution in [0.25, 0.3) is 11.3 Å². The average molecular weight is 370 g/mol. The van der Waals surface area contributed by atoms with Gasteiger partial charge >= 0.3 is 0 Å². The Hall–Kier alpha value is -2.66. The number of rotatable bonds is 6. The van der Waals surface area contributed by atoms with E-state index in [4.69, 9.17) is 16.2 Å². The summed E-state index contributed by atoms with van der Waals surface area (Å²) in [7, 11) is 0. The lowest BCUT2D eigenvalue weighted by Gasteiger charge is -2.09. The van der Waals surface area contributed by atoms with Gasteiger partial charge in [-0.2, -0.15) is 0 Å². The third-order valence-corrected chi connectivity index (χ3v) is 4.49. The minimum atomic E-state index is -0.186. The van der Waals surface area contributed by atoms with Gasteiger partial charge in [0.05, 0.1) is 6.42 Å². The van der Waals surface area contributed by atoms with Crippen molar-refractivity contribution in [2.45, 2.75) is 33.1 Å². The second-order valence-electron chi connectivity index (χ2n) is 6.01. The molecule has 0 spiro atoms. The van der Waals surface area contributed by atoms with Gasteiger partial charge < -0.3 is 5.32 Å². The van der Waals surface area contributed by atoms with E-state index in [9.17, 15) is 4.79 Å². The van der Waals surface area contributed by atoms with E-state index in [2.05, 4.69) is 47.7 Å². The molecule has 0 unspecified atom stereocenters. The monoisotopic (exact) mass is 369 g/mol. The van der Waals surface area contributed by atoms with Crippen molar-refractivity contribution < 1.29 is 9.42 Å². The highest BCUT2D eigenvalue weighted by molar-refractivity contribution is 6.30. The summed E-state index contributed by atoms with van der Waals surface area (Å²) in [5.74, 6) is 0.154. The quantitative estimate of drug-likeness (QED) is 0.684. The van der Waals surface area contributed by atoms with E-state index in [1.165, 1.54) is 5.56 Å². The highest BCUT2D eigenvalue weighted by atomic mass is 35.5. The van der Waals surface area contributed by atoms with Crippen LogP contribution in [0.15, 0.2) is 47.1 Å². The predicted molar refractivity (Wildman–Crippen MR) is 102 cm³/mol. The van der Waals surface area contributed by atoms with Crippen molar-refractivity contribution >= 4 is 23.3 Å². The largest absolute Gasteiger partial charge is 0.306 e. The number of benzene rings is 2. The van der Waals surface area contributed by atoms with E-state index in [1.54, 1.807) is 12.1 Å². The van der Waals surface area contributed by atoms with E-state index in [1.807, 2.05) is 12.1 Å². The minimum absolute atomic E-state index is 0.186. The number of carbonyl (C=O) groups is 1. The number of amides is 1. The van der Waals surface area contributed by atoms with Crippen molar-refractivity contribution in [1.29, 1.82) is 0 Å². The zero-order valence-corrected chi connectivity index (χ0v) is 15.5. The summed E-state index contributed by atoms with van der Waals surface area (Å²) in [4.78, 5) is 12.4. The standard InChI is InChI=1S/C20H20ClN3O2/c1-3-13-5-8-15(4-2)17(11-13)19-20(24-26-23-19)22-18(25)12-14-6-9-16(21)10-7-14/h5-11H,3-4,12H2,1-2H3,(H,22,24,25). The second-order valence-corrected chi connectivity index (χ2v) is 6.45. The number of aromatic nitrogens is 2. The third kappa shape index (κ3) is 4.11. The molecular formula is C20H20ClN3O2. The SMILES string of the molecule is CCc1ccc(CC)c(-c2nonc2NC(=O)Cc2ccc(Cl)cc2)c1. The van der Waals surface area contributed by atoms with Gasteiger partial charge in [0, 0.05) is 10.6 Å². The number of nitrogens with zero attached hydrogens (tertiary/aromatic N) is 2. The topological polar surface area (TPSA) is 68.0 Å². The molecule has 2 aromatic carbocycles. The van der Waals surface area contributed by atoms with Gasteiger partial charge in [0.15, 0.2) is 5.69 Å². The molecule has 1 amide bonds. The molecule has 0 radical (unpaired) electrons.